The molecule has 0 aliphatic heterocycles. The van der Waals surface area contributed by atoms with Crippen LogP contribution >= 0.6 is 11.3 Å². The number of rotatable bonds is 5. The van der Waals surface area contributed by atoms with Crippen molar-refractivity contribution in [3.8, 4) is 0 Å². The summed E-state index contributed by atoms with van der Waals surface area (Å²) in [4.78, 5) is 12.6. The fourth-order valence-electron chi connectivity index (χ4n) is 1.86. The molecule has 0 aliphatic carbocycles. The topological polar surface area (TPSA) is 46.5 Å². The van der Waals surface area contributed by atoms with Gasteiger partial charge in [0.1, 0.15) is 12.5 Å². The van der Waals surface area contributed by atoms with E-state index in [4.69, 9.17) is 4.74 Å². The first-order valence-corrected chi connectivity index (χ1v) is 7.27. The number of halogens is 3. The van der Waals surface area contributed by atoms with Gasteiger partial charge in [-0.3, -0.25) is 4.79 Å². The first-order valence-electron chi connectivity index (χ1n) is 6.39. The molecule has 1 atom stereocenters. The minimum atomic E-state index is -4.44. The molecule has 0 spiro atoms. The fraction of sp³-hybridized carbons (Fsp3) is 0.267. The van der Waals surface area contributed by atoms with Crippen LogP contribution in [0.2, 0.25) is 0 Å². The molecule has 1 N–H and O–H groups in total. The van der Waals surface area contributed by atoms with Gasteiger partial charge in [0.15, 0.2) is 0 Å². The Kier molecular flexibility index (Phi) is 5.20. The Bertz CT molecular complexity index is 623. The Balaban J connectivity index is 2.02. The van der Waals surface area contributed by atoms with Crippen molar-refractivity contribution in [1.29, 1.82) is 0 Å². The summed E-state index contributed by atoms with van der Waals surface area (Å²) in [5.41, 5.74) is -0.552. The molecule has 1 aromatic heterocycles. The molecule has 7 heteroatoms. The highest BCUT2D eigenvalue weighted by Crippen LogP contribution is 2.30. The van der Waals surface area contributed by atoms with Gasteiger partial charge in [0.2, 0.25) is 0 Å². The average Bonchev–Trinajstić information content (AvgIpc) is 2.99. The molecule has 22 heavy (non-hydrogen) atoms. The van der Waals surface area contributed by atoms with E-state index in [2.05, 4.69) is 0 Å². The van der Waals surface area contributed by atoms with Crippen molar-refractivity contribution in [2.75, 3.05) is 6.61 Å². The zero-order valence-electron chi connectivity index (χ0n) is 11.3. The number of benzene rings is 1. The van der Waals surface area contributed by atoms with Crippen molar-refractivity contribution in [1.82, 2.24) is 0 Å². The highest BCUT2D eigenvalue weighted by molar-refractivity contribution is 7.10. The number of alkyl halides is 3. The van der Waals surface area contributed by atoms with Gasteiger partial charge in [0.25, 0.3) is 0 Å². The summed E-state index contributed by atoms with van der Waals surface area (Å²) in [7, 11) is 0. The number of esters is 1. The Labute approximate surface area is 129 Å². The smallest absolute Gasteiger partial charge is 0.416 e. The quantitative estimate of drug-likeness (QED) is 0.852. The second-order valence-corrected chi connectivity index (χ2v) is 5.54. The minimum absolute atomic E-state index is 0.242. The van der Waals surface area contributed by atoms with E-state index < -0.39 is 30.2 Å². The van der Waals surface area contributed by atoms with Crippen molar-refractivity contribution < 1.29 is 27.8 Å². The molecule has 2 aromatic rings. The molecule has 1 unspecified atom stereocenters. The largest absolute Gasteiger partial charge is 0.460 e. The molecule has 0 aliphatic rings. The summed E-state index contributed by atoms with van der Waals surface area (Å²) in [6.45, 7) is -0.688. The Morgan fingerprint density at radius 2 is 2.05 bits per heavy atom. The van der Waals surface area contributed by atoms with E-state index in [1.807, 2.05) is 0 Å². The van der Waals surface area contributed by atoms with Crippen molar-refractivity contribution in [3.63, 3.8) is 0 Å². The van der Waals surface area contributed by atoms with Gasteiger partial charge in [-0.15, -0.1) is 11.3 Å². The predicted molar refractivity (Wildman–Crippen MR) is 75.4 cm³/mol. The Morgan fingerprint density at radius 1 is 1.27 bits per heavy atom. The van der Waals surface area contributed by atoms with Crippen molar-refractivity contribution in [2.45, 2.75) is 18.7 Å². The summed E-state index contributed by atoms with van der Waals surface area (Å²) < 4.78 is 42.8. The highest BCUT2D eigenvalue weighted by atomic mass is 32.1. The highest BCUT2D eigenvalue weighted by Gasteiger charge is 2.30. The number of thiophene rings is 1. The van der Waals surface area contributed by atoms with Crippen LogP contribution in [0, 0.1) is 0 Å². The zero-order chi connectivity index (χ0) is 16.2. The van der Waals surface area contributed by atoms with Crippen LogP contribution in [0.1, 0.15) is 21.9 Å². The van der Waals surface area contributed by atoms with Gasteiger partial charge in [-0.25, -0.2) is 0 Å². The second-order valence-electron chi connectivity index (χ2n) is 4.56. The number of aliphatic hydroxyl groups is 1. The Hall–Kier alpha value is -1.86. The number of hydrogen-bond acceptors (Lipinski definition) is 4. The molecule has 0 amide bonds. The van der Waals surface area contributed by atoms with Crippen molar-refractivity contribution >= 4 is 17.3 Å². The van der Waals surface area contributed by atoms with E-state index in [0.29, 0.717) is 4.88 Å². The second kappa shape index (κ2) is 6.93. The lowest BCUT2D eigenvalue weighted by Crippen LogP contribution is -2.18. The molecule has 0 saturated carbocycles. The lowest BCUT2D eigenvalue weighted by atomic mass is 10.1. The fourth-order valence-corrected chi connectivity index (χ4v) is 2.67. The SMILES string of the molecule is O=C(OCc1cccc(C(F)(F)F)c1)C(CO)c1cccs1. The van der Waals surface area contributed by atoms with E-state index >= 15 is 0 Å². The maximum atomic E-state index is 12.6. The van der Waals surface area contributed by atoms with E-state index in [9.17, 15) is 23.1 Å². The van der Waals surface area contributed by atoms with Crippen LogP contribution in [-0.2, 0) is 22.3 Å². The van der Waals surface area contributed by atoms with Crippen molar-refractivity contribution in [3.05, 3.63) is 57.8 Å². The molecular weight excluding hydrogens is 317 g/mol. The van der Waals surface area contributed by atoms with Crippen LogP contribution < -0.4 is 0 Å². The zero-order valence-corrected chi connectivity index (χ0v) is 12.2. The molecule has 2 rings (SSSR count). The van der Waals surface area contributed by atoms with Crippen LogP contribution in [-0.4, -0.2) is 17.7 Å². The third-order valence-corrected chi connectivity index (χ3v) is 3.98. The molecule has 118 valence electrons. The van der Waals surface area contributed by atoms with Crippen LogP contribution in [0.4, 0.5) is 13.2 Å². The van der Waals surface area contributed by atoms with Gasteiger partial charge in [-0.2, -0.15) is 13.2 Å². The lowest BCUT2D eigenvalue weighted by molar-refractivity contribution is -0.147. The predicted octanol–water partition coefficient (Wildman–Crippen LogP) is 3.59. The molecule has 0 saturated heterocycles. The average molecular weight is 330 g/mol. The van der Waals surface area contributed by atoms with E-state index in [1.165, 1.54) is 23.5 Å². The monoisotopic (exact) mass is 330 g/mol. The first kappa shape index (κ1) is 16.5. The maximum absolute atomic E-state index is 12.6. The van der Waals surface area contributed by atoms with Gasteiger partial charge >= 0.3 is 12.1 Å². The number of hydrogen-bond donors (Lipinski definition) is 1. The molecular formula is C15H13F3O3S. The molecule has 3 nitrogen and oxygen atoms in total. The summed E-state index contributed by atoms with van der Waals surface area (Å²) in [5, 5.41) is 11.0. The van der Waals surface area contributed by atoms with E-state index in [0.717, 1.165) is 12.1 Å². The summed E-state index contributed by atoms with van der Waals surface area (Å²) >= 11 is 1.30. The normalized spacial score (nSPS) is 12.9. The summed E-state index contributed by atoms with van der Waals surface area (Å²) in [5.74, 6) is -1.48. The van der Waals surface area contributed by atoms with Gasteiger partial charge in [0, 0.05) is 4.88 Å². The number of carbonyl (C=O) groups is 1. The van der Waals surface area contributed by atoms with Crippen LogP contribution in [0.3, 0.4) is 0 Å². The maximum Gasteiger partial charge on any atom is 0.416 e. The third-order valence-electron chi connectivity index (χ3n) is 2.99. The summed E-state index contributed by atoms with van der Waals surface area (Å²) in [6.07, 6.45) is -4.44. The van der Waals surface area contributed by atoms with Crippen LogP contribution in [0.25, 0.3) is 0 Å². The Morgan fingerprint density at radius 3 is 2.64 bits per heavy atom. The van der Waals surface area contributed by atoms with Crippen LogP contribution in [0.15, 0.2) is 41.8 Å². The molecule has 0 fully saturated rings. The van der Waals surface area contributed by atoms with Gasteiger partial charge < -0.3 is 9.84 Å². The number of aliphatic hydroxyl groups excluding tert-OH is 1. The van der Waals surface area contributed by atoms with Crippen molar-refractivity contribution in [2.24, 2.45) is 0 Å². The molecule has 1 heterocycles. The van der Waals surface area contributed by atoms with E-state index in [-0.39, 0.29) is 12.2 Å². The number of ether oxygens (including phenoxy) is 1. The standard InChI is InChI=1S/C15H13F3O3S/c16-15(17,18)11-4-1-3-10(7-11)9-21-14(20)12(8-19)13-5-2-6-22-13/h1-7,12,19H,8-9H2. The molecule has 0 radical (unpaired) electrons. The summed E-state index contributed by atoms with van der Waals surface area (Å²) in [6, 6.07) is 8.02. The van der Waals surface area contributed by atoms with Crippen LogP contribution in [0.5, 0.6) is 0 Å². The minimum Gasteiger partial charge on any atom is -0.460 e. The lowest BCUT2D eigenvalue weighted by Gasteiger charge is -2.13. The molecule has 0 bridgehead atoms. The third kappa shape index (κ3) is 4.08. The number of carbonyl (C=O) groups excluding carboxylic acids is 1. The van der Waals surface area contributed by atoms with Gasteiger partial charge in [0.05, 0.1) is 12.2 Å². The van der Waals surface area contributed by atoms with Gasteiger partial charge in [-0.05, 0) is 29.1 Å². The molecule has 1 aromatic carbocycles. The van der Waals surface area contributed by atoms with E-state index in [1.54, 1.807) is 17.5 Å². The first-order chi connectivity index (χ1) is 10.4. The van der Waals surface area contributed by atoms with Gasteiger partial charge in [-0.1, -0.05) is 18.2 Å².